The number of benzene rings is 2. The molecule has 4 N–H and O–H groups in total. The third-order valence-corrected chi connectivity index (χ3v) is 4.43. The largest absolute Gasteiger partial charge is 2.00 e. The van der Waals surface area contributed by atoms with E-state index in [1.807, 2.05) is 39.5 Å². The zero-order valence-corrected chi connectivity index (χ0v) is 23.2. The number of H-pyrrole nitrogens is 2. The number of rotatable bonds is 3. The molecule has 8 heteroatoms. The van der Waals surface area contributed by atoms with E-state index in [2.05, 4.69) is 57.7 Å². The standard InChI is InChI=1S/C12H14N2.C10H9FN2.C3H7.CH5N.ClH.Mg/c1-3-10-6-4-5-9(2)11(10)12-13-7-8-14-12;1-7-3-2-4-8(11)9(7)10-12-5-6-13-10;1-3-2;1-2;;/h4-8H,3H2,1-2H3,(H,13,14);2-6H,1H3,(H,12,13);3H,1-2H3;2H2,1H3;1H;/q;;-1;;;+2/p-1. The van der Waals surface area contributed by atoms with Crippen LogP contribution in [0.2, 0.25) is 0 Å². The molecule has 2 heterocycles. The molecule has 34 heavy (non-hydrogen) atoms. The van der Waals surface area contributed by atoms with Crippen LogP contribution in [-0.4, -0.2) is 50.0 Å². The molecule has 4 aromatic rings. The van der Waals surface area contributed by atoms with Crippen molar-refractivity contribution in [3.63, 3.8) is 0 Å². The van der Waals surface area contributed by atoms with Crippen LogP contribution in [0.15, 0.2) is 61.2 Å². The van der Waals surface area contributed by atoms with E-state index in [0.717, 1.165) is 17.8 Å². The summed E-state index contributed by atoms with van der Waals surface area (Å²) in [7, 11) is 1.50. The van der Waals surface area contributed by atoms with Crippen LogP contribution in [0.1, 0.15) is 37.5 Å². The first-order chi connectivity index (χ1) is 15.5. The van der Waals surface area contributed by atoms with Crippen LogP contribution in [-0.2, 0) is 6.42 Å². The smallest absolute Gasteiger partial charge is 1.00 e. The van der Waals surface area contributed by atoms with Crippen molar-refractivity contribution in [2.75, 3.05) is 7.05 Å². The van der Waals surface area contributed by atoms with Crippen LogP contribution in [0.5, 0.6) is 0 Å². The van der Waals surface area contributed by atoms with E-state index in [-0.39, 0.29) is 41.3 Å². The van der Waals surface area contributed by atoms with E-state index < -0.39 is 0 Å². The molecule has 0 fully saturated rings. The summed E-state index contributed by atoms with van der Waals surface area (Å²) < 4.78 is 13.4. The van der Waals surface area contributed by atoms with E-state index in [1.54, 1.807) is 24.7 Å². The minimum Gasteiger partial charge on any atom is -1.00 e. The van der Waals surface area contributed by atoms with E-state index in [1.165, 1.54) is 29.8 Å². The molecular formula is C26H35ClFMgN5. The Bertz CT molecular complexity index is 1000. The van der Waals surface area contributed by atoms with Gasteiger partial charge in [-0.15, -0.1) is 0 Å². The van der Waals surface area contributed by atoms with Gasteiger partial charge < -0.3 is 34.5 Å². The SMILES string of the molecule is CCc1cccc(C)c1-c1ncc[nH]1.CN.C[CH-]C.Cc1cccc(F)c1-c1ncc[nH]1.[Cl-].[Mg+2]. The number of aryl methyl sites for hydroxylation is 3. The molecule has 180 valence electrons. The van der Waals surface area contributed by atoms with Crippen molar-refractivity contribution in [3.05, 3.63) is 90.1 Å². The van der Waals surface area contributed by atoms with Crippen LogP contribution in [0, 0.1) is 26.1 Å². The van der Waals surface area contributed by atoms with E-state index in [9.17, 15) is 4.39 Å². The fourth-order valence-electron chi connectivity index (χ4n) is 3.10. The number of aromatic amines is 2. The minimum absolute atomic E-state index is 0. The van der Waals surface area contributed by atoms with Crippen molar-refractivity contribution in [2.24, 2.45) is 5.73 Å². The maximum Gasteiger partial charge on any atom is 2.00 e. The number of aromatic nitrogens is 4. The quantitative estimate of drug-likeness (QED) is 0.302. The molecule has 0 atom stereocenters. The molecule has 0 spiro atoms. The molecular weight excluding hydrogens is 461 g/mol. The summed E-state index contributed by atoms with van der Waals surface area (Å²) in [5.41, 5.74) is 9.81. The summed E-state index contributed by atoms with van der Waals surface area (Å²) >= 11 is 0. The van der Waals surface area contributed by atoms with Crippen molar-refractivity contribution >= 4 is 23.1 Å². The number of nitrogens with two attached hydrogens (primary N) is 1. The Hall–Kier alpha value is -2.19. The number of nitrogens with zero attached hydrogens (tertiary/aromatic N) is 2. The van der Waals surface area contributed by atoms with Crippen LogP contribution < -0.4 is 18.1 Å². The van der Waals surface area contributed by atoms with Crippen molar-refractivity contribution in [1.29, 1.82) is 0 Å². The topological polar surface area (TPSA) is 83.4 Å². The fourth-order valence-corrected chi connectivity index (χ4v) is 3.10. The van der Waals surface area contributed by atoms with Gasteiger partial charge in [0.25, 0.3) is 0 Å². The predicted molar refractivity (Wildman–Crippen MR) is 138 cm³/mol. The second kappa shape index (κ2) is 19.1. The van der Waals surface area contributed by atoms with Gasteiger partial charge in [-0.25, -0.2) is 14.4 Å². The van der Waals surface area contributed by atoms with E-state index >= 15 is 0 Å². The Kier molecular flexibility index (Phi) is 19.1. The van der Waals surface area contributed by atoms with Crippen LogP contribution in [0.3, 0.4) is 0 Å². The molecule has 0 aliphatic rings. The van der Waals surface area contributed by atoms with Crippen molar-refractivity contribution in [3.8, 4) is 22.8 Å². The average Bonchev–Trinajstić information content (AvgIpc) is 3.51. The number of hydrogen-bond acceptors (Lipinski definition) is 3. The molecule has 0 aliphatic carbocycles. The van der Waals surface area contributed by atoms with Gasteiger partial charge in [0.1, 0.15) is 17.5 Å². The Balaban J connectivity index is 0. The summed E-state index contributed by atoms with van der Waals surface area (Å²) in [5, 5.41) is 0. The van der Waals surface area contributed by atoms with Gasteiger partial charge in [-0.2, -0.15) is 13.8 Å². The van der Waals surface area contributed by atoms with Crippen LogP contribution >= 0.6 is 0 Å². The van der Waals surface area contributed by atoms with Crippen LogP contribution in [0.4, 0.5) is 4.39 Å². The molecule has 0 unspecified atom stereocenters. The minimum atomic E-state index is -0.241. The number of nitrogens with one attached hydrogen (secondary N) is 2. The first kappa shape index (κ1) is 34.0. The first-order valence-electron chi connectivity index (χ1n) is 10.7. The number of hydrogen-bond donors (Lipinski definition) is 3. The summed E-state index contributed by atoms with van der Waals surface area (Å²) in [5.74, 6) is 1.31. The molecule has 0 amide bonds. The van der Waals surface area contributed by atoms with Gasteiger partial charge in [0.2, 0.25) is 0 Å². The summed E-state index contributed by atoms with van der Waals surface area (Å²) in [4.78, 5) is 14.4. The van der Waals surface area contributed by atoms with Gasteiger partial charge in [0, 0.05) is 30.4 Å². The van der Waals surface area contributed by atoms with Gasteiger partial charge in [-0.3, -0.25) is 0 Å². The molecule has 0 saturated carbocycles. The monoisotopic (exact) mass is 495 g/mol. The predicted octanol–water partition coefficient (Wildman–Crippen LogP) is 2.90. The Labute approximate surface area is 225 Å². The Morgan fingerprint density at radius 2 is 1.29 bits per heavy atom. The van der Waals surface area contributed by atoms with Crippen molar-refractivity contribution in [2.45, 2.75) is 41.0 Å². The van der Waals surface area contributed by atoms with E-state index in [0.29, 0.717) is 11.4 Å². The Morgan fingerprint density at radius 1 is 0.853 bits per heavy atom. The van der Waals surface area contributed by atoms with Gasteiger partial charge in [0.05, 0.1) is 5.56 Å². The average molecular weight is 496 g/mol. The molecule has 4 rings (SSSR count). The van der Waals surface area contributed by atoms with E-state index in [4.69, 9.17) is 0 Å². The van der Waals surface area contributed by atoms with Crippen LogP contribution in [0.25, 0.3) is 22.8 Å². The molecule has 2 aromatic heterocycles. The maximum atomic E-state index is 13.4. The van der Waals surface area contributed by atoms with Crippen molar-refractivity contribution < 1.29 is 16.8 Å². The zero-order chi connectivity index (χ0) is 23.9. The van der Waals surface area contributed by atoms with Gasteiger partial charge >= 0.3 is 23.1 Å². The second-order valence-corrected chi connectivity index (χ2v) is 6.85. The fraction of sp³-hybridized carbons (Fsp3) is 0.269. The molecule has 5 nitrogen and oxygen atoms in total. The number of imidazole rings is 2. The maximum absolute atomic E-state index is 13.4. The summed E-state index contributed by atoms with van der Waals surface area (Å²) in [6.45, 7) is 10.2. The second-order valence-electron chi connectivity index (χ2n) is 6.85. The van der Waals surface area contributed by atoms with Gasteiger partial charge in [-0.05, 0) is 50.1 Å². The summed E-state index contributed by atoms with van der Waals surface area (Å²) in [6.07, 6.45) is 9.99. The first-order valence-corrected chi connectivity index (χ1v) is 10.7. The molecule has 0 radical (unpaired) electrons. The summed E-state index contributed by atoms with van der Waals surface area (Å²) in [6, 6.07) is 11.4. The molecule has 0 bridgehead atoms. The normalized spacial score (nSPS) is 8.94. The van der Waals surface area contributed by atoms with Crippen molar-refractivity contribution in [1.82, 2.24) is 19.9 Å². The van der Waals surface area contributed by atoms with Gasteiger partial charge in [0.15, 0.2) is 0 Å². The Morgan fingerprint density at radius 3 is 1.71 bits per heavy atom. The molecule has 0 saturated heterocycles. The third kappa shape index (κ3) is 9.97. The number of halogens is 2. The zero-order valence-electron chi connectivity index (χ0n) is 21.0. The molecule has 2 aromatic carbocycles. The third-order valence-electron chi connectivity index (χ3n) is 4.43. The molecule has 0 aliphatic heterocycles. The van der Waals surface area contributed by atoms with Gasteiger partial charge in [-0.1, -0.05) is 37.3 Å².